The van der Waals surface area contributed by atoms with Gasteiger partial charge in [-0.25, -0.2) is 9.18 Å². The number of carbonyl (C=O) groups excluding carboxylic acids is 4. The Kier molecular flexibility index (Phi) is 9.73. The van der Waals surface area contributed by atoms with Gasteiger partial charge in [-0.1, -0.05) is 42.8 Å². The van der Waals surface area contributed by atoms with Gasteiger partial charge in [-0.2, -0.15) is 0 Å². The number of benzene rings is 1. The first kappa shape index (κ1) is 36.0. The van der Waals surface area contributed by atoms with Gasteiger partial charge in [0.05, 0.1) is 12.2 Å². The van der Waals surface area contributed by atoms with Crippen LogP contribution in [0.2, 0.25) is 0 Å². The van der Waals surface area contributed by atoms with Gasteiger partial charge in [0, 0.05) is 16.7 Å². The summed E-state index contributed by atoms with van der Waals surface area (Å²) >= 11 is 0. The number of nitrogens with two attached hydrogens (primary N) is 1. The van der Waals surface area contributed by atoms with Crippen LogP contribution in [0.4, 0.5) is 9.18 Å². The Morgan fingerprint density at radius 3 is 2.37 bits per heavy atom. The van der Waals surface area contributed by atoms with E-state index in [4.69, 9.17) is 19.9 Å². The van der Waals surface area contributed by atoms with E-state index in [1.54, 1.807) is 19.1 Å². The summed E-state index contributed by atoms with van der Waals surface area (Å²) in [4.78, 5) is 64.7. The number of halogens is 1. The van der Waals surface area contributed by atoms with E-state index in [2.05, 4.69) is 4.84 Å². The monoisotopic (exact) mass is 690 g/mol. The summed E-state index contributed by atoms with van der Waals surface area (Å²) in [5.74, 6) is -4.11. The number of esters is 1. The molecule has 1 aromatic rings. The average Bonchev–Trinajstić information content (AvgIpc) is 3.26. The van der Waals surface area contributed by atoms with Crippen LogP contribution in [0.25, 0.3) is 0 Å². The molecule has 0 saturated heterocycles. The fourth-order valence-corrected chi connectivity index (χ4v) is 8.35. The van der Waals surface area contributed by atoms with Gasteiger partial charge in [-0.3, -0.25) is 14.4 Å². The van der Waals surface area contributed by atoms with Crippen LogP contribution in [-0.2, 0) is 46.6 Å². The van der Waals surface area contributed by atoms with E-state index in [9.17, 15) is 44.6 Å². The number of fused-ring (bicyclic) bond motifs is 5. The summed E-state index contributed by atoms with van der Waals surface area (Å²) in [5.41, 5.74) is -0.197. The topological polar surface area (TPSA) is 235 Å². The van der Waals surface area contributed by atoms with Crippen LogP contribution in [0.3, 0.4) is 0 Å². The molecule has 4 aliphatic carbocycles. The molecular weight excluding hydrogens is 651 g/mol. The largest absolute Gasteiger partial charge is 0.508 e. The van der Waals surface area contributed by atoms with Crippen LogP contribution in [0.5, 0.6) is 0 Å². The molecule has 1 aromatic carbocycles. The third kappa shape index (κ3) is 6.11. The van der Waals surface area contributed by atoms with Gasteiger partial charge in [0.1, 0.15) is 25.9 Å². The number of ketones is 2. The van der Waals surface area contributed by atoms with Crippen LogP contribution in [0.1, 0.15) is 50.7 Å². The predicted octanol–water partition coefficient (Wildman–Crippen LogP) is 1.56. The van der Waals surface area contributed by atoms with Crippen LogP contribution >= 0.6 is 0 Å². The van der Waals surface area contributed by atoms with E-state index in [1.165, 1.54) is 37.3 Å². The van der Waals surface area contributed by atoms with E-state index in [-0.39, 0.29) is 31.8 Å². The van der Waals surface area contributed by atoms with Crippen molar-refractivity contribution in [3.8, 4) is 0 Å². The highest BCUT2D eigenvalue weighted by Crippen LogP contribution is 2.69. The molecule has 5 N–H and O–H groups in total. The fourth-order valence-electron chi connectivity index (χ4n) is 8.35. The first-order valence-corrected chi connectivity index (χ1v) is 15.8. The van der Waals surface area contributed by atoms with Crippen LogP contribution in [-0.4, -0.2) is 86.8 Å². The highest BCUT2D eigenvalue weighted by atomic mass is 19.1. The second kappa shape index (κ2) is 13.2. The first-order chi connectivity index (χ1) is 23.0. The molecule has 0 spiro atoms. The summed E-state index contributed by atoms with van der Waals surface area (Å²) in [6.45, 7) is 0.962. The van der Waals surface area contributed by atoms with Gasteiger partial charge >= 0.3 is 12.1 Å². The van der Waals surface area contributed by atoms with Crippen molar-refractivity contribution < 1.29 is 63.0 Å². The molecule has 0 bridgehead atoms. The maximum absolute atomic E-state index is 17.3. The van der Waals surface area contributed by atoms with Crippen molar-refractivity contribution in [3.05, 3.63) is 69.3 Å². The maximum Gasteiger partial charge on any atom is 0.508 e. The fraction of sp³-hybridized carbons (Fsp3) is 0.576. The highest BCUT2D eigenvalue weighted by molar-refractivity contribution is 6.01. The number of hydrogen-bond acceptors (Lipinski definition) is 14. The molecule has 3 saturated carbocycles. The molecule has 16 heteroatoms. The van der Waals surface area contributed by atoms with Crippen molar-refractivity contribution in [2.45, 2.75) is 82.3 Å². The Morgan fingerprint density at radius 1 is 1.06 bits per heavy atom. The molecule has 3 unspecified atom stereocenters. The summed E-state index contributed by atoms with van der Waals surface area (Å²) < 4.78 is 32.1. The third-order valence-electron chi connectivity index (χ3n) is 11.0. The number of rotatable bonds is 11. The second-order valence-corrected chi connectivity index (χ2v) is 13.6. The molecule has 0 amide bonds. The van der Waals surface area contributed by atoms with Gasteiger partial charge in [-0.05, 0) is 61.8 Å². The Balaban J connectivity index is 1.15. The van der Waals surface area contributed by atoms with E-state index in [1.807, 2.05) is 0 Å². The molecule has 0 aliphatic heterocycles. The molecule has 5 rings (SSSR count). The molecule has 15 nitrogen and oxygen atoms in total. The van der Waals surface area contributed by atoms with Crippen LogP contribution < -0.4 is 5.73 Å². The van der Waals surface area contributed by atoms with Gasteiger partial charge in [-0.15, -0.1) is 10.1 Å². The SMILES string of the molecule is C[C@]12C=CC(=O)C=C1CCC1C3C[C@@H](O)[C@](O)(C(=O)COC(=O)C(N)COC(=O)OCc4ccc(CO[N+](=O)[O-])cc4)[C@@]3(C)C[C@H](O)[C@@]12F. The lowest BCUT2D eigenvalue weighted by Crippen LogP contribution is -2.69. The summed E-state index contributed by atoms with van der Waals surface area (Å²) in [6.07, 6.45) is -0.341. The average molecular weight is 691 g/mol. The maximum atomic E-state index is 17.3. The third-order valence-corrected chi connectivity index (χ3v) is 11.0. The number of allylic oxidation sites excluding steroid dienone is 4. The predicted molar refractivity (Wildman–Crippen MR) is 163 cm³/mol. The van der Waals surface area contributed by atoms with Crippen LogP contribution in [0, 0.1) is 32.8 Å². The van der Waals surface area contributed by atoms with Crippen molar-refractivity contribution in [1.29, 1.82) is 0 Å². The zero-order valence-electron chi connectivity index (χ0n) is 26.9. The highest BCUT2D eigenvalue weighted by Gasteiger charge is 2.76. The number of aliphatic hydroxyl groups excluding tert-OH is 2. The number of aliphatic hydroxyl groups is 3. The van der Waals surface area contributed by atoms with E-state index >= 15 is 4.39 Å². The number of ether oxygens (including phenoxy) is 3. The lowest BCUT2D eigenvalue weighted by molar-refractivity contribution is -0.763. The van der Waals surface area contributed by atoms with Gasteiger partial charge in [0.25, 0.3) is 5.09 Å². The molecule has 0 heterocycles. The van der Waals surface area contributed by atoms with Gasteiger partial charge < -0.3 is 40.1 Å². The molecule has 9 atom stereocenters. The van der Waals surface area contributed by atoms with Crippen molar-refractivity contribution in [1.82, 2.24) is 0 Å². The van der Waals surface area contributed by atoms with E-state index in [0.717, 1.165) is 0 Å². The molecule has 4 aliphatic rings. The lowest BCUT2D eigenvalue weighted by Gasteiger charge is -2.62. The summed E-state index contributed by atoms with van der Waals surface area (Å²) in [5, 5.41) is 43.7. The van der Waals surface area contributed by atoms with E-state index < -0.39 is 94.8 Å². The zero-order chi connectivity index (χ0) is 35.9. The van der Waals surface area contributed by atoms with Crippen molar-refractivity contribution in [2.75, 3.05) is 13.2 Å². The van der Waals surface area contributed by atoms with E-state index in [0.29, 0.717) is 23.1 Å². The van der Waals surface area contributed by atoms with Crippen LogP contribution in [0.15, 0.2) is 48.1 Å². The Labute approximate surface area is 279 Å². The normalized spacial score (nSPS) is 35.2. The minimum Gasteiger partial charge on any atom is -0.456 e. The molecule has 0 radical (unpaired) electrons. The Morgan fingerprint density at radius 2 is 1.71 bits per heavy atom. The van der Waals surface area contributed by atoms with Gasteiger partial charge in [0.2, 0.25) is 5.78 Å². The molecular formula is C33H39FN2O13. The van der Waals surface area contributed by atoms with Gasteiger partial charge in [0.15, 0.2) is 23.7 Å². The standard InChI is InChI=1S/C33H39FN2O13/c1-30-10-9-21(37)11-20(30)7-8-22-23-12-25(38)33(43,31(23,2)13-26(39)32(22,30)34)27(40)17-46-28(41)24(35)16-48-29(42)47-14-18-3-5-19(6-4-18)15-49-36(44)45/h3-6,9-11,22-26,38-39,43H,7-8,12-17,35H2,1-2H3/t22?,23?,24?,25-,26+,30+,31+,32+,33+/m1/s1. The number of nitrogens with zero attached hydrogens (tertiary/aromatic N) is 1. The number of alkyl halides is 1. The summed E-state index contributed by atoms with van der Waals surface area (Å²) in [6, 6.07) is 4.62. The number of hydrogen-bond donors (Lipinski definition) is 4. The minimum absolute atomic E-state index is 0.150. The molecule has 3 fully saturated rings. The Hall–Kier alpha value is -4.25. The molecule has 49 heavy (non-hydrogen) atoms. The minimum atomic E-state index is -2.50. The Bertz CT molecular complexity index is 1580. The van der Waals surface area contributed by atoms with Crippen molar-refractivity contribution in [3.63, 3.8) is 0 Å². The number of Topliss-reactive ketones (excluding diaryl/α,β-unsaturated/α-hetero) is 1. The zero-order valence-corrected chi connectivity index (χ0v) is 26.9. The van der Waals surface area contributed by atoms with Crippen molar-refractivity contribution >= 4 is 23.7 Å². The smallest absolute Gasteiger partial charge is 0.456 e. The van der Waals surface area contributed by atoms with Crippen molar-refractivity contribution in [2.24, 2.45) is 28.4 Å². The molecule has 266 valence electrons. The quantitative estimate of drug-likeness (QED) is 0.147. The summed E-state index contributed by atoms with van der Waals surface area (Å²) in [7, 11) is 0. The number of carbonyl (C=O) groups is 4. The molecule has 0 aromatic heterocycles. The second-order valence-electron chi connectivity index (χ2n) is 13.6. The first-order valence-electron chi connectivity index (χ1n) is 15.8. The lowest BCUT2D eigenvalue weighted by atomic mass is 9.44.